The molecule has 184 valence electrons. The van der Waals surface area contributed by atoms with Gasteiger partial charge in [-0.1, -0.05) is 0 Å². The molecule has 0 aromatic heterocycles. The zero-order valence-corrected chi connectivity index (χ0v) is 26.9. The van der Waals surface area contributed by atoms with E-state index in [1.807, 2.05) is 0 Å². The minimum atomic E-state index is -3.58. The minimum absolute atomic E-state index is 0.413. The van der Waals surface area contributed by atoms with Gasteiger partial charge in [-0.2, -0.15) is 0 Å². The van der Waals surface area contributed by atoms with Crippen LogP contribution >= 0.6 is 0 Å². The van der Waals surface area contributed by atoms with E-state index in [0.717, 1.165) is 0 Å². The normalized spacial score (nSPS) is 18.1. The molecule has 0 radical (unpaired) electrons. The van der Waals surface area contributed by atoms with Crippen molar-refractivity contribution < 1.29 is 17.1 Å². The topological polar surface area (TPSA) is 0 Å². The number of benzene rings is 4. The van der Waals surface area contributed by atoms with Gasteiger partial charge in [0, 0.05) is 0 Å². The van der Waals surface area contributed by atoms with Gasteiger partial charge in [0.15, 0.2) is 0 Å². The third kappa shape index (κ3) is 4.13. The summed E-state index contributed by atoms with van der Waals surface area (Å²) in [4.78, 5) is 0. The first-order valence-electron chi connectivity index (χ1n) is 13.8. The van der Waals surface area contributed by atoms with Crippen LogP contribution in [0, 0.1) is 0 Å². The van der Waals surface area contributed by atoms with Crippen LogP contribution in [-0.2, 0) is 17.1 Å². The molecular formula is C35H36HfSi. The summed E-state index contributed by atoms with van der Waals surface area (Å²) < 4.78 is 6.83. The van der Waals surface area contributed by atoms with Crippen LogP contribution in [0.2, 0.25) is 15.4 Å². The zero-order valence-electron chi connectivity index (χ0n) is 22.2. The molecule has 6 rings (SSSR count). The zero-order chi connectivity index (χ0) is 25.5. The van der Waals surface area contributed by atoms with E-state index in [-0.39, 0.29) is 0 Å². The van der Waals surface area contributed by atoms with E-state index >= 15 is 0 Å². The van der Waals surface area contributed by atoms with Gasteiger partial charge < -0.3 is 0 Å². The first-order chi connectivity index (χ1) is 18.0. The van der Waals surface area contributed by atoms with Crippen LogP contribution < -0.4 is 0 Å². The van der Waals surface area contributed by atoms with Gasteiger partial charge in [0.05, 0.1) is 0 Å². The molecule has 2 heteroatoms. The molecule has 0 fully saturated rings. The Morgan fingerprint density at radius 1 is 0.595 bits per heavy atom. The fourth-order valence-corrected chi connectivity index (χ4v) is 47.2. The Morgan fingerprint density at radius 3 is 1.49 bits per heavy atom. The molecule has 4 aromatic rings. The van der Waals surface area contributed by atoms with Crippen molar-refractivity contribution in [2.45, 2.75) is 36.1 Å². The van der Waals surface area contributed by atoms with Gasteiger partial charge in [-0.15, -0.1) is 0 Å². The second-order valence-corrected chi connectivity index (χ2v) is 56.1. The van der Waals surface area contributed by atoms with Crippen LogP contribution in [0.1, 0.15) is 42.9 Å². The quantitative estimate of drug-likeness (QED) is 0.180. The summed E-state index contributed by atoms with van der Waals surface area (Å²) in [5.74, 6) is 0. The summed E-state index contributed by atoms with van der Waals surface area (Å²) in [5, 5.41) is 0. The standard InChI is InChI=1S/2C15H11.C3H8Si.2CH3.Hf/c2*1-2-6-12(7-3-1)14-10-4-8-13-9-5-11-15(13)14;1-2-3-4;;;/h2*1-11H;4H,2-3H2,1H3;2*1H3;. The number of fused-ring (bicyclic) bond motifs is 2. The van der Waals surface area contributed by atoms with Crippen LogP contribution in [-0.4, -0.2) is 6.22 Å². The first-order valence-corrected chi connectivity index (χ1v) is 32.7. The van der Waals surface area contributed by atoms with Gasteiger partial charge in [-0.3, -0.25) is 0 Å². The average Bonchev–Trinajstić information content (AvgIpc) is 3.59. The summed E-state index contributed by atoms with van der Waals surface area (Å²) >= 11 is -3.58. The Balaban J connectivity index is 1.51. The van der Waals surface area contributed by atoms with Gasteiger partial charge in [0.2, 0.25) is 0 Å². The molecule has 0 bridgehead atoms. The Hall–Kier alpha value is -2.55. The molecule has 0 nitrogen and oxygen atoms in total. The second-order valence-electron chi connectivity index (χ2n) is 11.7. The van der Waals surface area contributed by atoms with Crippen molar-refractivity contribution in [2.24, 2.45) is 0 Å². The molecule has 0 N–H and O–H groups in total. The fourth-order valence-electron chi connectivity index (χ4n) is 7.05. The Morgan fingerprint density at radius 2 is 1.05 bits per heavy atom. The molecule has 0 heterocycles. The van der Waals surface area contributed by atoms with Gasteiger partial charge >= 0.3 is 225 Å². The maximum atomic E-state index is 2.82. The molecule has 4 aromatic carbocycles. The van der Waals surface area contributed by atoms with Crippen LogP contribution in [0.15, 0.2) is 109 Å². The summed E-state index contributed by atoms with van der Waals surface area (Å²) in [6.45, 7) is 2.38. The number of hydrogen-bond acceptors (Lipinski definition) is 0. The number of rotatable bonds is 6. The van der Waals surface area contributed by atoms with Crippen molar-refractivity contribution in [3.63, 3.8) is 0 Å². The van der Waals surface area contributed by atoms with E-state index in [2.05, 4.69) is 138 Å². The van der Waals surface area contributed by atoms with E-state index in [0.29, 0.717) is 13.6 Å². The third-order valence-electron chi connectivity index (χ3n) is 9.07. The Labute approximate surface area is 224 Å². The fraction of sp³-hybridized carbons (Fsp3) is 0.200. The molecule has 0 aliphatic heterocycles. The van der Waals surface area contributed by atoms with Crippen molar-refractivity contribution in [3.8, 4) is 22.3 Å². The molecule has 0 saturated heterocycles. The molecule has 2 atom stereocenters. The van der Waals surface area contributed by atoms with Crippen molar-refractivity contribution >= 4 is 18.4 Å². The van der Waals surface area contributed by atoms with Crippen molar-refractivity contribution in [3.05, 3.63) is 131 Å². The van der Waals surface area contributed by atoms with Gasteiger partial charge in [-0.25, -0.2) is 0 Å². The predicted octanol–water partition coefficient (Wildman–Crippen LogP) is 9.82. The summed E-state index contributed by atoms with van der Waals surface area (Å²) in [6.07, 6.45) is 11.9. The Kier molecular flexibility index (Phi) is 6.45. The molecule has 2 unspecified atom stereocenters. The molecule has 0 spiro atoms. The van der Waals surface area contributed by atoms with E-state index in [9.17, 15) is 0 Å². The van der Waals surface area contributed by atoms with Crippen molar-refractivity contribution in [2.75, 3.05) is 0 Å². The van der Waals surface area contributed by atoms with Crippen LogP contribution in [0.4, 0.5) is 0 Å². The predicted molar refractivity (Wildman–Crippen MR) is 161 cm³/mol. The summed E-state index contributed by atoms with van der Waals surface area (Å²) in [6, 6.07) is 37.4. The van der Waals surface area contributed by atoms with Crippen LogP contribution in [0.5, 0.6) is 0 Å². The van der Waals surface area contributed by atoms with E-state index < -0.39 is 17.1 Å². The average molecular weight is 663 g/mol. The SMILES string of the molecule is CCC[SiH]=[Hf]([CH3])([CH3])([CH]1C=Cc2c(-c3ccccc3)cccc21)[CH]1C=Cc2c(-c3ccccc3)cccc21. The van der Waals surface area contributed by atoms with E-state index in [4.69, 9.17) is 0 Å². The van der Waals surface area contributed by atoms with Gasteiger partial charge in [0.1, 0.15) is 0 Å². The van der Waals surface area contributed by atoms with Crippen LogP contribution in [0.3, 0.4) is 0 Å². The van der Waals surface area contributed by atoms with Crippen molar-refractivity contribution in [1.29, 1.82) is 0 Å². The van der Waals surface area contributed by atoms with Crippen molar-refractivity contribution in [1.82, 2.24) is 0 Å². The molecule has 0 amide bonds. The van der Waals surface area contributed by atoms with Gasteiger partial charge in [0.25, 0.3) is 0 Å². The summed E-state index contributed by atoms with van der Waals surface area (Å²) in [7, 11) is 0. The maximum absolute atomic E-state index is 3.58. The second kappa shape index (κ2) is 9.64. The van der Waals surface area contributed by atoms with Gasteiger partial charge in [-0.05, 0) is 0 Å². The van der Waals surface area contributed by atoms with E-state index in [1.54, 1.807) is 11.1 Å². The molecular weight excluding hydrogens is 627 g/mol. The third-order valence-corrected chi connectivity index (χ3v) is 51.8. The van der Waals surface area contributed by atoms with Crippen LogP contribution in [0.25, 0.3) is 34.4 Å². The Bertz CT molecular complexity index is 1470. The van der Waals surface area contributed by atoms with E-state index in [1.165, 1.54) is 45.8 Å². The number of hydrogen-bond donors (Lipinski definition) is 0. The number of allylic oxidation sites excluding steroid dienone is 2. The molecule has 0 saturated carbocycles. The molecule has 37 heavy (non-hydrogen) atoms. The molecule has 2 aliphatic rings. The molecule has 2 aliphatic carbocycles. The first kappa shape index (κ1) is 24.8. The summed E-state index contributed by atoms with van der Waals surface area (Å²) in [5.41, 5.74) is 11.5. The monoisotopic (exact) mass is 664 g/mol.